The molecular formula is C27H26Cl2N4O5. The van der Waals surface area contributed by atoms with Crippen LogP contribution in [0.25, 0.3) is 0 Å². The predicted molar refractivity (Wildman–Crippen MR) is 148 cm³/mol. The number of carboxylic acids is 1. The van der Waals surface area contributed by atoms with Gasteiger partial charge in [0.25, 0.3) is 11.8 Å². The van der Waals surface area contributed by atoms with Crippen molar-refractivity contribution in [3.8, 4) is 0 Å². The number of carbonyl (C=O) groups is 3. The first-order chi connectivity index (χ1) is 18.1. The summed E-state index contributed by atoms with van der Waals surface area (Å²) in [5.41, 5.74) is 2.56. The monoisotopic (exact) mass is 556 g/mol. The van der Waals surface area contributed by atoms with Crippen LogP contribution >= 0.6 is 23.2 Å². The van der Waals surface area contributed by atoms with Gasteiger partial charge in [0, 0.05) is 37.5 Å². The number of nitrogens with zero attached hydrogens (tertiary/aromatic N) is 2. The summed E-state index contributed by atoms with van der Waals surface area (Å²) in [7, 11) is 5.08. The molecule has 0 saturated heterocycles. The van der Waals surface area contributed by atoms with E-state index < -0.39 is 23.8 Å². The maximum absolute atomic E-state index is 13.0. The molecule has 0 aliphatic heterocycles. The van der Waals surface area contributed by atoms with Crippen molar-refractivity contribution < 1.29 is 24.3 Å². The third-order valence-electron chi connectivity index (χ3n) is 5.50. The fourth-order valence-corrected chi connectivity index (χ4v) is 4.10. The maximum Gasteiger partial charge on any atom is 0.326 e. The van der Waals surface area contributed by atoms with Gasteiger partial charge in [-0.3, -0.25) is 9.59 Å². The lowest BCUT2D eigenvalue weighted by Gasteiger charge is -2.17. The summed E-state index contributed by atoms with van der Waals surface area (Å²) in [6.07, 6.45) is -0.00846. The Kier molecular flexibility index (Phi) is 9.70. The number of carbonyl (C=O) groups excluding carboxylic acids is 2. The van der Waals surface area contributed by atoms with Crippen molar-refractivity contribution >= 4 is 58.1 Å². The van der Waals surface area contributed by atoms with Crippen LogP contribution in [-0.4, -0.2) is 55.8 Å². The molecule has 0 aliphatic rings. The van der Waals surface area contributed by atoms with Gasteiger partial charge >= 0.3 is 5.97 Å². The number of aliphatic carboxylic acids is 1. The van der Waals surface area contributed by atoms with E-state index in [1.165, 1.54) is 7.11 Å². The molecule has 0 aromatic heterocycles. The Morgan fingerprint density at radius 1 is 0.974 bits per heavy atom. The summed E-state index contributed by atoms with van der Waals surface area (Å²) in [6.45, 7) is 0. The molecule has 1 atom stereocenters. The van der Waals surface area contributed by atoms with Gasteiger partial charge in [0.05, 0.1) is 15.6 Å². The summed E-state index contributed by atoms with van der Waals surface area (Å²) < 4.78 is 0. The van der Waals surface area contributed by atoms with Gasteiger partial charge in [-0.25, -0.2) is 4.79 Å². The number of halogens is 2. The Balaban J connectivity index is 1.70. The highest BCUT2D eigenvalue weighted by atomic mass is 35.5. The minimum absolute atomic E-state index is 0.00846. The van der Waals surface area contributed by atoms with Gasteiger partial charge in [0.15, 0.2) is 5.71 Å². The lowest BCUT2D eigenvalue weighted by molar-refractivity contribution is -0.141. The molecule has 3 rings (SSSR count). The second-order valence-electron chi connectivity index (χ2n) is 8.38. The third kappa shape index (κ3) is 7.24. The molecule has 0 bridgehead atoms. The summed E-state index contributed by atoms with van der Waals surface area (Å²) in [5.74, 6) is -2.39. The van der Waals surface area contributed by atoms with Gasteiger partial charge in [0.1, 0.15) is 13.2 Å². The fraction of sp³-hybridized carbons (Fsp3) is 0.185. The summed E-state index contributed by atoms with van der Waals surface area (Å²) in [5, 5.41) is 19.2. The van der Waals surface area contributed by atoms with Crippen LogP contribution in [-0.2, 0) is 20.8 Å². The minimum atomic E-state index is -1.24. The largest absolute Gasteiger partial charge is 0.480 e. The average molecular weight is 557 g/mol. The maximum atomic E-state index is 13.0. The summed E-state index contributed by atoms with van der Waals surface area (Å²) in [6, 6.07) is 17.1. The zero-order valence-corrected chi connectivity index (χ0v) is 22.4. The van der Waals surface area contributed by atoms with Gasteiger partial charge in [-0.15, -0.1) is 0 Å². The van der Waals surface area contributed by atoms with Gasteiger partial charge in [0.2, 0.25) is 0 Å². The number of rotatable bonds is 10. The van der Waals surface area contributed by atoms with Crippen LogP contribution in [0.2, 0.25) is 10.0 Å². The van der Waals surface area contributed by atoms with E-state index in [1.54, 1.807) is 54.6 Å². The van der Waals surface area contributed by atoms with Crippen molar-refractivity contribution in [1.82, 2.24) is 5.32 Å². The Bertz CT molecular complexity index is 1320. The second kappa shape index (κ2) is 12.9. The van der Waals surface area contributed by atoms with E-state index in [2.05, 4.69) is 15.8 Å². The first-order valence-corrected chi connectivity index (χ1v) is 12.1. The van der Waals surface area contributed by atoms with Crippen LogP contribution < -0.4 is 15.5 Å². The lowest BCUT2D eigenvalue weighted by Crippen LogP contribution is -2.45. The number of oxime groups is 1. The number of nitrogens with one attached hydrogen (secondary N) is 2. The molecule has 0 fully saturated rings. The molecule has 0 aliphatic carbocycles. The molecule has 2 amide bonds. The number of anilines is 2. The molecule has 198 valence electrons. The molecular weight excluding hydrogens is 531 g/mol. The number of hydrogen-bond acceptors (Lipinski definition) is 6. The highest BCUT2D eigenvalue weighted by Crippen LogP contribution is 2.25. The molecule has 38 heavy (non-hydrogen) atoms. The average Bonchev–Trinajstić information content (AvgIpc) is 2.87. The fourth-order valence-electron chi connectivity index (χ4n) is 3.53. The van der Waals surface area contributed by atoms with E-state index in [4.69, 9.17) is 28.0 Å². The van der Waals surface area contributed by atoms with Crippen LogP contribution in [0.1, 0.15) is 21.5 Å². The van der Waals surface area contributed by atoms with Gasteiger partial charge in [-0.05, 0) is 42.0 Å². The lowest BCUT2D eigenvalue weighted by atomic mass is 10.0. The van der Waals surface area contributed by atoms with E-state index in [0.717, 1.165) is 5.69 Å². The number of hydrogen-bond donors (Lipinski definition) is 3. The van der Waals surface area contributed by atoms with Crippen molar-refractivity contribution in [2.45, 2.75) is 12.5 Å². The highest BCUT2D eigenvalue weighted by molar-refractivity contribution is 6.45. The van der Waals surface area contributed by atoms with Gasteiger partial charge in [-0.2, -0.15) is 0 Å². The van der Waals surface area contributed by atoms with Gasteiger partial charge < -0.3 is 25.5 Å². The van der Waals surface area contributed by atoms with Crippen LogP contribution in [0.3, 0.4) is 0 Å². The molecule has 3 aromatic rings. The van der Waals surface area contributed by atoms with Crippen molar-refractivity contribution in [2.75, 3.05) is 31.4 Å². The van der Waals surface area contributed by atoms with Crippen LogP contribution in [0.4, 0.5) is 11.4 Å². The van der Waals surface area contributed by atoms with Crippen LogP contribution in [0.15, 0.2) is 71.9 Å². The second-order valence-corrected chi connectivity index (χ2v) is 9.19. The summed E-state index contributed by atoms with van der Waals surface area (Å²) >= 11 is 12.2. The molecule has 0 spiro atoms. The van der Waals surface area contributed by atoms with E-state index >= 15 is 0 Å². The van der Waals surface area contributed by atoms with E-state index in [1.807, 2.05) is 31.1 Å². The number of amides is 2. The highest BCUT2D eigenvalue weighted by Gasteiger charge is 2.25. The quantitative estimate of drug-likeness (QED) is 0.250. The van der Waals surface area contributed by atoms with Crippen molar-refractivity contribution in [3.05, 3.63) is 93.5 Å². The minimum Gasteiger partial charge on any atom is -0.480 e. The molecule has 11 heteroatoms. The van der Waals surface area contributed by atoms with Crippen molar-refractivity contribution in [3.63, 3.8) is 0 Å². The molecule has 0 saturated carbocycles. The Labute approximate surface area is 230 Å². The van der Waals surface area contributed by atoms with Crippen LogP contribution in [0.5, 0.6) is 0 Å². The molecule has 0 unspecified atom stereocenters. The first-order valence-electron chi connectivity index (χ1n) is 11.4. The third-order valence-corrected chi connectivity index (χ3v) is 6.13. The van der Waals surface area contributed by atoms with Crippen molar-refractivity contribution in [1.29, 1.82) is 0 Å². The standard InChI is InChI=1S/C27H26Cl2N4O5/c1-33(2)19-13-9-17(10-14-19)24(32-38-3)26(35)31-22(27(36)37)15-16-7-11-18(12-8-16)30-25(34)23-20(28)5-4-6-21(23)29/h4-14,22H,15H2,1-3H3,(H,30,34)(H,31,35)(H,36,37)/t22-/m0/s1. The number of carboxylic acid groups (broad SMARTS) is 1. The Morgan fingerprint density at radius 3 is 2.11 bits per heavy atom. The van der Waals surface area contributed by atoms with E-state index in [-0.39, 0.29) is 27.7 Å². The molecule has 0 heterocycles. The first kappa shape index (κ1) is 28.5. The zero-order chi connectivity index (χ0) is 27.8. The number of benzene rings is 3. The normalized spacial score (nSPS) is 11.9. The molecule has 3 N–H and O–H groups in total. The van der Waals surface area contributed by atoms with Crippen LogP contribution in [0, 0.1) is 0 Å². The van der Waals surface area contributed by atoms with E-state index in [9.17, 15) is 19.5 Å². The Hall–Kier alpha value is -4.08. The van der Waals surface area contributed by atoms with Crippen molar-refractivity contribution in [2.24, 2.45) is 5.16 Å². The van der Waals surface area contributed by atoms with E-state index in [0.29, 0.717) is 16.8 Å². The molecule has 0 radical (unpaired) electrons. The molecule has 3 aromatic carbocycles. The SMILES string of the molecule is CON=C(C(=O)N[C@@H](Cc1ccc(NC(=O)c2c(Cl)cccc2Cl)cc1)C(=O)O)c1ccc(N(C)C)cc1. The Morgan fingerprint density at radius 2 is 1.58 bits per heavy atom. The zero-order valence-electron chi connectivity index (χ0n) is 20.9. The predicted octanol–water partition coefficient (Wildman–Crippen LogP) is 4.47. The molecule has 9 nitrogen and oxygen atoms in total. The van der Waals surface area contributed by atoms with Gasteiger partial charge in [-0.1, -0.05) is 58.7 Å². The summed E-state index contributed by atoms with van der Waals surface area (Å²) in [4.78, 5) is 44.2. The topological polar surface area (TPSA) is 120 Å². The smallest absolute Gasteiger partial charge is 0.326 e.